The van der Waals surface area contributed by atoms with E-state index < -0.39 is 0 Å². The molecule has 2 heterocycles. The Hall–Kier alpha value is -3.12. The van der Waals surface area contributed by atoms with E-state index in [1.807, 2.05) is 48.2 Å². The van der Waals surface area contributed by atoms with Crippen LogP contribution in [0, 0.1) is 6.92 Å². The molecule has 6 heteroatoms. The van der Waals surface area contributed by atoms with Crippen LogP contribution in [-0.2, 0) is 4.74 Å². The van der Waals surface area contributed by atoms with E-state index in [9.17, 15) is 4.79 Å². The van der Waals surface area contributed by atoms with E-state index in [1.165, 1.54) is 5.56 Å². The average Bonchev–Trinajstić information content (AvgIpc) is 3.27. The Morgan fingerprint density at radius 1 is 1.17 bits per heavy atom. The fourth-order valence-corrected chi connectivity index (χ4v) is 3.84. The van der Waals surface area contributed by atoms with Gasteiger partial charge >= 0.3 is 0 Å². The van der Waals surface area contributed by atoms with Gasteiger partial charge in [-0.2, -0.15) is 5.10 Å². The van der Waals surface area contributed by atoms with Gasteiger partial charge in [0.05, 0.1) is 24.9 Å². The molecule has 6 nitrogen and oxygen atoms in total. The quantitative estimate of drug-likeness (QED) is 0.662. The maximum atomic E-state index is 13.2. The van der Waals surface area contributed by atoms with E-state index in [1.54, 1.807) is 7.11 Å². The second-order valence-corrected chi connectivity index (χ2v) is 7.13. The van der Waals surface area contributed by atoms with Crippen molar-refractivity contribution >= 4 is 5.91 Å². The molecule has 0 saturated carbocycles. The zero-order chi connectivity index (χ0) is 20.4. The van der Waals surface area contributed by atoms with E-state index >= 15 is 0 Å². The lowest BCUT2D eigenvalue weighted by Crippen LogP contribution is -2.32. The van der Waals surface area contributed by atoms with Crippen LogP contribution in [0.15, 0.2) is 48.5 Å². The van der Waals surface area contributed by atoms with Gasteiger partial charge in [-0.1, -0.05) is 42.0 Å². The lowest BCUT2D eigenvalue weighted by atomic mass is 9.95. The fourth-order valence-electron chi connectivity index (χ4n) is 3.84. The van der Waals surface area contributed by atoms with Gasteiger partial charge < -0.3 is 14.4 Å². The molecule has 4 rings (SSSR count). The summed E-state index contributed by atoms with van der Waals surface area (Å²) in [5.41, 5.74) is 5.42. The molecule has 1 aromatic heterocycles. The number of carbonyl (C=O) groups excluding carboxylic acids is 1. The zero-order valence-corrected chi connectivity index (χ0v) is 16.9. The minimum absolute atomic E-state index is 0.0604. The number of methoxy groups -OCH3 is 1. The van der Waals surface area contributed by atoms with E-state index in [0.717, 1.165) is 28.1 Å². The third-order valence-electron chi connectivity index (χ3n) is 5.21. The number of aryl methyl sites for hydroxylation is 1. The first-order valence-corrected chi connectivity index (χ1v) is 9.82. The van der Waals surface area contributed by atoms with Crippen molar-refractivity contribution in [1.29, 1.82) is 0 Å². The van der Waals surface area contributed by atoms with E-state index in [-0.39, 0.29) is 11.9 Å². The summed E-state index contributed by atoms with van der Waals surface area (Å²) in [6, 6.07) is 15.9. The molecule has 1 unspecified atom stereocenters. The minimum atomic E-state index is -0.247. The van der Waals surface area contributed by atoms with Gasteiger partial charge in [0.15, 0.2) is 0 Å². The molecular formula is C23H25N3O3. The van der Waals surface area contributed by atoms with Crippen LogP contribution in [0.25, 0.3) is 11.3 Å². The lowest BCUT2D eigenvalue weighted by Gasteiger charge is -2.26. The molecule has 0 aliphatic carbocycles. The van der Waals surface area contributed by atoms with Crippen molar-refractivity contribution in [2.75, 3.05) is 26.9 Å². The van der Waals surface area contributed by atoms with E-state index in [4.69, 9.17) is 9.47 Å². The van der Waals surface area contributed by atoms with Crippen LogP contribution in [0.2, 0.25) is 0 Å². The number of aromatic amines is 1. The van der Waals surface area contributed by atoms with Crippen LogP contribution in [-0.4, -0.2) is 47.9 Å². The van der Waals surface area contributed by atoms with Gasteiger partial charge in [-0.3, -0.25) is 9.89 Å². The number of H-pyrrole nitrogens is 1. The predicted octanol–water partition coefficient (Wildman–Crippen LogP) is 3.98. The molecular weight excluding hydrogens is 366 g/mol. The summed E-state index contributed by atoms with van der Waals surface area (Å²) in [6.45, 7) is 5.56. The fraction of sp³-hybridized carbons (Fsp3) is 0.304. The number of nitrogens with zero attached hydrogens (tertiary/aromatic N) is 2. The SMILES string of the molecule is CCOc1cccc(C2c3c(-c4ccc(C)cc4)n[nH]c3C(=O)N2CCOC)c1. The van der Waals surface area contributed by atoms with E-state index in [0.29, 0.717) is 25.5 Å². The number of rotatable bonds is 7. The highest BCUT2D eigenvalue weighted by atomic mass is 16.5. The Morgan fingerprint density at radius 2 is 1.97 bits per heavy atom. The molecule has 3 aromatic rings. The third-order valence-corrected chi connectivity index (χ3v) is 5.21. The first-order chi connectivity index (χ1) is 14.1. The number of hydrogen-bond donors (Lipinski definition) is 1. The Balaban J connectivity index is 1.83. The largest absolute Gasteiger partial charge is 0.494 e. The molecule has 2 aromatic carbocycles. The predicted molar refractivity (Wildman–Crippen MR) is 111 cm³/mol. The monoisotopic (exact) mass is 391 g/mol. The maximum absolute atomic E-state index is 13.2. The first kappa shape index (κ1) is 19.2. The van der Waals surface area contributed by atoms with Crippen molar-refractivity contribution < 1.29 is 14.3 Å². The summed E-state index contributed by atoms with van der Waals surface area (Å²) in [5, 5.41) is 7.48. The molecule has 0 fully saturated rings. The minimum Gasteiger partial charge on any atom is -0.494 e. The number of amides is 1. The highest BCUT2D eigenvalue weighted by Crippen LogP contribution is 2.43. The van der Waals surface area contributed by atoms with Crippen LogP contribution < -0.4 is 4.74 Å². The molecule has 1 aliphatic heterocycles. The standard InChI is InChI=1S/C23H25N3O3/c1-4-29-18-7-5-6-17(14-18)22-19-20(16-10-8-15(2)9-11-16)24-25-21(19)23(27)26(22)12-13-28-3/h5-11,14,22H,4,12-13H2,1-3H3,(H,24,25). The summed E-state index contributed by atoms with van der Waals surface area (Å²) < 4.78 is 11.0. The van der Waals surface area contributed by atoms with Crippen molar-refractivity contribution in [2.45, 2.75) is 19.9 Å². The van der Waals surface area contributed by atoms with Gasteiger partial charge in [0.1, 0.15) is 11.4 Å². The number of aromatic nitrogens is 2. The highest BCUT2D eigenvalue weighted by Gasteiger charge is 2.42. The van der Waals surface area contributed by atoms with Gasteiger partial charge in [-0.25, -0.2) is 0 Å². The number of fused-ring (bicyclic) bond motifs is 1. The highest BCUT2D eigenvalue weighted by molar-refractivity contribution is 6.00. The molecule has 1 atom stereocenters. The number of nitrogens with one attached hydrogen (secondary N) is 1. The number of benzene rings is 2. The Kier molecular flexibility index (Phi) is 5.36. The van der Waals surface area contributed by atoms with Gasteiger partial charge in [0.25, 0.3) is 5.91 Å². The lowest BCUT2D eigenvalue weighted by molar-refractivity contribution is 0.0677. The van der Waals surface area contributed by atoms with Crippen molar-refractivity contribution in [1.82, 2.24) is 15.1 Å². The first-order valence-electron chi connectivity index (χ1n) is 9.82. The Morgan fingerprint density at radius 3 is 2.69 bits per heavy atom. The zero-order valence-electron chi connectivity index (χ0n) is 16.9. The van der Waals surface area contributed by atoms with Gasteiger partial charge in [-0.05, 0) is 31.5 Å². The smallest absolute Gasteiger partial charge is 0.273 e. The molecule has 0 radical (unpaired) electrons. The number of hydrogen-bond acceptors (Lipinski definition) is 4. The van der Waals surface area contributed by atoms with Crippen LogP contribution in [0.5, 0.6) is 5.75 Å². The Bertz CT molecular complexity index is 1010. The molecule has 29 heavy (non-hydrogen) atoms. The summed E-state index contributed by atoms with van der Waals surface area (Å²) in [6.07, 6.45) is 0. The van der Waals surface area contributed by atoms with Gasteiger partial charge in [0.2, 0.25) is 0 Å². The van der Waals surface area contributed by atoms with Crippen molar-refractivity contribution in [3.8, 4) is 17.0 Å². The molecule has 150 valence electrons. The molecule has 1 amide bonds. The Labute approximate surface area is 170 Å². The molecule has 1 aliphatic rings. The van der Waals surface area contributed by atoms with Gasteiger partial charge in [-0.15, -0.1) is 0 Å². The van der Waals surface area contributed by atoms with Crippen molar-refractivity contribution in [2.24, 2.45) is 0 Å². The average molecular weight is 391 g/mol. The second kappa shape index (κ2) is 8.09. The van der Waals surface area contributed by atoms with Crippen LogP contribution >= 0.6 is 0 Å². The second-order valence-electron chi connectivity index (χ2n) is 7.13. The summed E-state index contributed by atoms with van der Waals surface area (Å²) in [5.74, 6) is 0.729. The number of carbonyl (C=O) groups is 1. The summed E-state index contributed by atoms with van der Waals surface area (Å²) >= 11 is 0. The topological polar surface area (TPSA) is 67.5 Å². The summed E-state index contributed by atoms with van der Waals surface area (Å²) in [4.78, 5) is 15.0. The summed E-state index contributed by atoms with van der Waals surface area (Å²) in [7, 11) is 1.64. The normalized spacial score (nSPS) is 15.6. The molecule has 1 N–H and O–H groups in total. The molecule has 0 spiro atoms. The van der Waals surface area contributed by atoms with Crippen LogP contribution in [0.4, 0.5) is 0 Å². The van der Waals surface area contributed by atoms with Gasteiger partial charge in [0, 0.05) is 24.8 Å². The molecule has 0 bridgehead atoms. The number of ether oxygens (including phenoxy) is 2. The maximum Gasteiger partial charge on any atom is 0.273 e. The van der Waals surface area contributed by atoms with Crippen LogP contribution in [0.3, 0.4) is 0 Å². The van der Waals surface area contributed by atoms with Crippen LogP contribution in [0.1, 0.15) is 40.1 Å². The third kappa shape index (κ3) is 3.51. The molecule has 0 saturated heterocycles. The van der Waals surface area contributed by atoms with E-state index in [2.05, 4.69) is 29.3 Å². The van der Waals surface area contributed by atoms with Crippen molar-refractivity contribution in [3.05, 3.63) is 70.9 Å². The van der Waals surface area contributed by atoms with Crippen molar-refractivity contribution in [3.63, 3.8) is 0 Å².